The lowest BCUT2D eigenvalue weighted by molar-refractivity contribution is -0.146. The monoisotopic (exact) mass is 308 g/mol. The van der Waals surface area contributed by atoms with Crippen LogP contribution in [-0.2, 0) is 19.0 Å². The number of esters is 3. The Balaban J connectivity index is 2.71. The highest BCUT2D eigenvalue weighted by Crippen LogP contribution is 2.12. The highest BCUT2D eigenvalue weighted by atomic mass is 16.6. The average Bonchev–Trinajstić information content (AvgIpc) is 2.53. The van der Waals surface area contributed by atoms with Crippen molar-refractivity contribution >= 4 is 17.9 Å². The molecule has 0 fully saturated rings. The van der Waals surface area contributed by atoms with Gasteiger partial charge in [-0.2, -0.15) is 0 Å². The second-order valence-electron chi connectivity index (χ2n) is 4.42. The lowest BCUT2D eigenvalue weighted by atomic mass is 10.1. The molecule has 0 unspecified atom stereocenters. The first-order valence-electron chi connectivity index (χ1n) is 7.19. The van der Waals surface area contributed by atoms with Gasteiger partial charge in [-0.1, -0.05) is 25.5 Å². The minimum atomic E-state index is -0.768. The van der Waals surface area contributed by atoms with Crippen LogP contribution in [0.4, 0.5) is 0 Å². The van der Waals surface area contributed by atoms with Crippen molar-refractivity contribution < 1.29 is 28.6 Å². The molecule has 0 spiro atoms. The van der Waals surface area contributed by atoms with E-state index in [1.165, 1.54) is 12.1 Å². The van der Waals surface area contributed by atoms with E-state index in [9.17, 15) is 14.4 Å². The van der Waals surface area contributed by atoms with E-state index in [1.54, 1.807) is 19.1 Å². The molecule has 0 aliphatic rings. The van der Waals surface area contributed by atoms with Crippen LogP contribution in [0.1, 0.15) is 47.4 Å². The number of ether oxygens (including phenoxy) is 3. The normalized spacial score (nSPS) is 9.91. The number of benzene rings is 1. The van der Waals surface area contributed by atoms with Gasteiger partial charge in [0.25, 0.3) is 0 Å². The zero-order valence-corrected chi connectivity index (χ0v) is 12.8. The third kappa shape index (κ3) is 5.55. The van der Waals surface area contributed by atoms with Crippen molar-refractivity contribution in [2.75, 3.05) is 19.8 Å². The highest BCUT2D eigenvalue weighted by molar-refractivity contribution is 6.03. The molecular formula is C16H20O6. The molecule has 0 aliphatic carbocycles. The van der Waals surface area contributed by atoms with Crippen molar-refractivity contribution in [3.63, 3.8) is 0 Å². The minimum absolute atomic E-state index is 0.0632. The first kappa shape index (κ1) is 17.7. The molecule has 1 rings (SSSR count). The fourth-order valence-corrected chi connectivity index (χ4v) is 1.63. The molecule has 6 nitrogen and oxygen atoms in total. The summed E-state index contributed by atoms with van der Waals surface area (Å²) in [6.07, 6.45) is 1.65. The Bertz CT molecular complexity index is 523. The van der Waals surface area contributed by atoms with Gasteiger partial charge in [0.15, 0.2) is 6.61 Å². The van der Waals surface area contributed by atoms with Crippen LogP contribution >= 0.6 is 0 Å². The van der Waals surface area contributed by atoms with Crippen LogP contribution in [0.5, 0.6) is 0 Å². The molecule has 0 atom stereocenters. The molecule has 1 aromatic carbocycles. The van der Waals surface area contributed by atoms with Crippen LogP contribution in [0, 0.1) is 0 Å². The summed E-state index contributed by atoms with van der Waals surface area (Å²) >= 11 is 0. The van der Waals surface area contributed by atoms with Crippen molar-refractivity contribution in [1.29, 1.82) is 0 Å². The fraction of sp³-hybridized carbons (Fsp3) is 0.438. The summed E-state index contributed by atoms with van der Waals surface area (Å²) in [6.45, 7) is 3.64. The first-order chi connectivity index (χ1) is 10.6. The lowest BCUT2D eigenvalue weighted by Crippen LogP contribution is -2.19. The molecule has 0 saturated heterocycles. The molecule has 0 amide bonds. The maximum absolute atomic E-state index is 12.0. The Morgan fingerprint density at radius 1 is 0.909 bits per heavy atom. The van der Waals surface area contributed by atoms with Gasteiger partial charge >= 0.3 is 17.9 Å². The van der Waals surface area contributed by atoms with Crippen LogP contribution in [-0.4, -0.2) is 37.7 Å². The number of hydrogen-bond acceptors (Lipinski definition) is 6. The van der Waals surface area contributed by atoms with Crippen molar-refractivity contribution in [1.82, 2.24) is 0 Å². The average molecular weight is 308 g/mol. The Hall–Kier alpha value is -2.37. The summed E-state index contributed by atoms with van der Waals surface area (Å²) in [7, 11) is 0. The molecule has 120 valence electrons. The van der Waals surface area contributed by atoms with Gasteiger partial charge in [-0.15, -0.1) is 0 Å². The van der Waals surface area contributed by atoms with Crippen LogP contribution in [0.3, 0.4) is 0 Å². The van der Waals surface area contributed by atoms with Crippen LogP contribution < -0.4 is 0 Å². The predicted molar refractivity (Wildman–Crippen MR) is 78.5 cm³/mol. The van der Waals surface area contributed by atoms with Crippen molar-refractivity contribution in [2.45, 2.75) is 26.7 Å². The number of carbonyl (C=O) groups is 3. The van der Waals surface area contributed by atoms with E-state index in [2.05, 4.69) is 4.74 Å². The largest absolute Gasteiger partial charge is 0.463 e. The topological polar surface area (TPSA) is 78.9 Å². The third-order valence-electron chi connectivity index (χ3n) is 2.72. The standard InChI is InChI=1S/C16H20O6/c1-3-5-10-21-15(18)12-8-6-7-9-13(12)16(19)22-11-14(17)20-4-2/h6-9H,3-5,10-11H2,1-2H3. The smallest absolute Gasteiger partial charge is 0.344 e. The van der Waals surface area contributed by atoms with E-state index < -0.39 is 24.5 Å². The summed E-state index contributed by atoms with van der Waals surface area (Å²) in [5.74, 6) is -1.99. The summed E-state index contributed by atoms with van der Waals surface area (Å²) in [4.78, 5) is 35.1. The number of unbranched alkanes of at least 4 members (excludes halogenated alkanes) is 1. The molecule has 22 heavy (non-hydrogen) atoms. The van der Waals surface area contributed by atoms with E-state index in [0.29, 0.717) is 6.61 Å². The van der Waals surface area contributed by atoms with Gasteiger partial charge < -0.3 is 14.2 Å². The predicted octanol–water partition coefficient (Wildman–Crippen LogP) is 2.36. The van der Waals surface area contributed by atoms with E-state index in [4.69, 9.17) is 9.47 Å². The van der Waals surface area contributed by atoms with Gasteiger partial charge in [-0.25, -0.2) is 14.4 Å². The Kier molecular flexibility index (Phi) is 7.67. The van der Waals surface area contributed by atoms with Crippen molar-refractivity contribution in [3.8, 4) is 0 Å². The molecular weight excluding hydrogens is 288 g/mol. The lowest BCUT2D eigenvalue weighted by Gasteiger charge is -2.09. The molecule has 0 N–H and O–H groups in total. The van der Waals surface area contributed by atoms with Crippen LogP contribution in [0.2, 0.25) is 0 Å². The van der Waals surface area contributed by atoms with Crippen LogP contribution in [0.25, 0.3) is 0 Å². The van der Waals surface area contributed by atoms with Crippen LogP contribution in [0.15, 0.2) is 24.3 Å². The Morgan fingerprint density at radius 2 is 1.50 bits per heavy atom. The number of rotatable bonds is 8. The highest BCUT2D eigenvalue weighted by Gasteiger charge is 2.19. The van der Waals surface area contributed by atoms with Gasteiger partial charge in [-0.05, 0) is 25.5 Å². The second-order valence-corrected chi connectivity index (χ2v) is 4.42. The summed E-state index contributed by atoms with van der Waals surface area (Å²) in [6, 6.07) is 6.15. The minimum Gasteiger partial charge on any atom is -0.463 e. The molecule has 0 bridgehead atoms. The quantitative estimate of drug-likeness (QED) is 0.417. The molecule has 0 heterocycles. The van der Waals surface area contributed by atoms with E-state index in [-0.39, 0.29) is 17.7 Å². The molecule has 0 saturated carbocycles. The van der Waals surface area contributed by atoms with Gasteiger partial charge in [0, 0.05) is 0 Å². The molecule has 0 aliphatic heterocycles. The Labute approximate surface area is 129 Å². The molecule has 6 heteroatoms. The van der Waals surface area contributed by atoms with Crippen molar-refractivity contribution in [2.24, 2.45) is 0 Å². The zero-order valence-electron chi connectivity index (χ0n) is 12.8. The summed E-state index contributed by atoms with van der Waals surface area (Å²) in [5, 5.41) is 0. The van der Waals surface area contributed by atoms with Gasteiger partial charge in [-0.3, -0.25) is 0 Å². The van der Waals surface area contributed by atoms with Gasteiger partial charge in [0.2, 0.25) is 0 Å². The number of hydrogen-bond donors (Lipinski definition) is 0. The summed E-state index contributed by atoms with van der Waals surface area (Å²) < 4.78 is 14.6. The van der Waals surface area contributed by atoms with E-state index in [1.807, 2.05) is 6.92 Å². The first-order valence-corrected chi connectivity index (χ1v) is 7.19. The maximum Gasteiger partial charge on any atom is 0.344 e. The SMILES string of the molecule is CCCCOC(=O)c1ccccc1C(=O)OCC(=O)OCC. The second kappa shape index (κ2) is 9.55. The summed E-state index contributed by atoms with van der Waals surface area (Å²) in [5.41, 5.74) is 0.181. The maximum atomic E-state index is 12.0. The number of carbonyl (C=O) groups excluding carboxylic acids is 3. The zero-order chi connectivity index (χ0) is 16.4. The Morgan fingerprint density at radius 3 is 2.05 bits per heavy atom. The fourth-order valence-electron chi connectivity index (χ4n) is 1.63. The van der Waals surface area contributed by atoms with E-state index >= 15 is 0 Å². The van der Waals surface area contributed by atoms with Gasteiger partial charge in [0.05, 0.1) is 24.3 Å². The third-order valence-corrected chi connectivity index (χ3v) is 2.72. The molecule has 1 aromatic rings. The van der Waals surface area contributed by atoms with E-state index in [0.717, 1.165) is 12.8 Å². The van der Waals surface area contributed by atoms with Gasteiger partial charge in [0.1, 0.15) is 0 Å². The molecule has 0 radical (unpaired) electrons. The van der Waals surface area contributed by atoms with Crippen molar-refractivity contribution in [3.05, 3.63) is 35.4 Å². The molecule has 0 aromatic heterocycles.